The number of nitrogens with one attached hydrogen (secondary N) is 1. The van der Waals surface area contributed by atoms with E-state index >= 15 is 0 Å². The molecule has 1 rings (SSSR count). The van der Waals surface area contributed by atoms with E-state index in [4.69, 9.17) is 18.0 Å². The first kappa shape index (κ1) is 13.6. The molecule has 0 aromatic carbocycles. The molecule has 0 radical (unpaired) electrons. The Hall–Kier alpha value is -0.490. The van der Waals surface area contributed by atoms with Crippen LogP contribution in [-0.4, -0.2) is 33.2 Å². The van der Waals surface area contributed by atoms with Crippen LogP contribution in [0.4, 0.5) is 0 Å². The summed E-state index contributed by atoms with van der Waals surface area (Å²) in [5.41, 5.74) is 4.97. The van der Waals surface area contributed by atoms with Crippen LogP contribution in [0, 0.1) is 5.41 Å². The number of hydrogen-bond acceptors (Lipinski definition) is 3. The summed E-state index contributed by atoms with van der Waals surface area (Å²) in [5.74, 6) is 0.524. The van der Waals surface area contributed by atoms with E-state index in [1.165, 1.54) is 0 Å². The minimum Gasteiger partial charge on any atom is -0.392 e. The van der Waals surface area contributed by atoms with Crippen LogP contribution in [0.15, 0.2) is 0 Å². The highest BCUT2D eigenvalue weighted by atomic mass is 32.2. The Kier molecular flexibility index (Phi) is 4.43. The third-order valence-corrected chi connectivity index (χ3v) is 4.07. The van der Waals surface area contributed by atoms with Crippen molar-refractivity contribution in [1.29, 1.82) is 0 Å². The fourth-order valence-corrected chi connectivity index (χ4v) is 2.47. The number of hydrogen-bond donors (Lipinski definition) is 2. The molecule has 0 spiro atoms. The van der Waals surface area contributed by atoms with Crippen LogP contribution in [-0.2, 0) is 15.6 Å². The molecule has 1 aliphatic carbocycles. The van der Waals surface area contributed by atoms with Gasteiger partial charge in [-0.25, -0.2) is 0 Å². The summed E-state index contributed by atoms with van der Waals surface area (Å²) in [6.45, 7) is 1.90. The number of rotatable bonds is 6. The van der Waals surface area contributed by atoms with Gasteiger partial charge in [0.2, 0.25) is 5.91 Å². The minimum absolute atomic E-state index is 0.0169. The molecule has 0 aromatic heterocycles. The van der Waals surface area contributed by atoms with Crippen molar-refractivity contribution >= 4 is 33.9 Å². The highest BCUT2D eigenvalue weighted by Crippen LogP contribution is 2.46. The van der Waals surface area contributed by atoms with E-state index in [-0.39, 0.29) is 16.9 Å². The van der Waals surface area contributed by atoms with Crippen LogP contribution in [0.5, 0.6) is 0 Å². The Balaban J connectivity index is 2.40. The lowest BCUT2D eigenvalue weighted by Crippen LogP contribution is -2.43. The molecule has 4 nitrogen and oxygen atoms in total. The van der Waals surface area contributed by atoms with Gasteiger partial charge >= 0.3 is 0 Å². The summed E-state index contributed by atoms with van der Waals surface area (Å²) in [7, 11) is -0.817. The average Bonchev–Trinajstić information content (AvgIpc) is 2.95. The average molecular weight is 262 g/mol. The van der Waals surface area contributed by atoms with Crippen LogP contribution >= 0.6 is 12.2 Å². The molecule has 92 valence electrons. The second-order valence-corrected chi connectivity index (χ2v) is 6.38. The van der Waals surface area contributed by atoms with E-state index < -0.39 is 16.2 Å². The molecule has 0 bridgehead atoms. The van der Waals surface area contributed by atoms with Crippen LogP contribution in [0.1, 0.15) is 26.2 Å². The predicted molar refractivity (Wildman–Crippen MR) is 69.6 cm³/mol. The lowest BCUT2D eigenvalue weighted by molar-refractivity contribution is -0.124. The highest BCUT2D eigenvalue weighted by molar-refractivity contribution is 7.84. The zero-order chi connectivity index (χ0) is 12.3. The SMILES string of the molecule is CC(CCS(C)=O)NC(=O)C1(C(N)=S)CC1. The van der Waals surface area contributed by atoms with Gasteiger partial charge in [0.15, 0.2) is 0 Å². The number of thiocarbonyl (C=S) groups is 1. The molecule has 3 N–H and O–H groups in total. The van der Waals surface area contributed by atoms with Crippen molar-refractivity contribution < 1.29 is 9.00 Å². The Morgan fingerprint density at radius 2 is 2.19 bits per heavy atom. The first-order valence-electron chi connectivity index (χ1n) is 5.29. The fourth-order valence-electron chi connectivity index (χ4n) is 1.49. The highest BCUT2D eigenvalue weighted by Gasteiger charge is 2.52. The largest absolute Gasteiger partial charge is 0.392 e. The standard InChI is InChI=1S/C10H18N2O2S2/c1-7(3-6-16(2)14)12-9(13)10(4-5-10)8(11)15/h7H,3-6H2,1-2H3,(H2,11,15)(H,12,13). The van der Waals surface area contributed by atoms with Gasteiger partial charge in [-0.2, -0.15) is 0 Å². The smallest absolute Gasteiger partial charge is 0.233 e. The van der Waals surface area contributed by atoms with Crippen molar-refractivity contribution in [2.45, 2.75) is 32.2 Å². The lowest BCUT2D eigenvalue weighted by Gasteiger charge is -2.18. The summed E-state index contributed by atoms with van der Waals surface area (Å²) in [4.78, 5) is 12.2. The molecule has 0 aromatic rings. The number of carbonyl (C=O) groups is 1. The van der Waals surface area contributed by atoms with Gasteiger partial charge in [-0.3, -0.25) is 9.00 Å². The van der Waals surface area contributed by atoms with Gasteiger partial charge in [-0.1, -0.05) is 12.2 Å². The van der Waals surface area contributed by atoms with Gasteiger partial charge in [-0.15, -0.1) is 0 Å². The Morgan fingerprint density at radius 1 is 1.62 bits per heavy atom. The van der Waals surface area contributed by atoms with E-state index in [9.17, 15) is 9.00 Å². The van der Waals surface area contributed by atoms with Crippen LogP contribution in [0.3, 0.4) is 0 Å². The van der Waals surface area contributed by atoms with E-state index in [0.717, 1.165) is 12.8 Å². The van der Waals surface area contributed by atoms with Crippen molar-refractivity contribution in [3.8, 4) is 0 Å². The molecule has 0 aliphatic heterocycles. The quantitative estimate of drug-likeness (QED) is 0.677. The maximum atomic E-state index is 11.9. The topological polar surface area (TPSA) is 72.2 Å². The van der Waals surface area contributed by atoms with Gasteiger partial charge in [0.05, 0.1) is 10.4 Å². The number of nitrogens with two attached hydrogens (primary N) is 1. The molecule has 1 amide bonds. The van der Waals surface area contributed by atoms with Crippen LogP contribution in [0.25, 0.3) is 0 Å². The second kappa shape index (κ2) is 5.23. The molecule has 6 heteroatoms. The zero-order valence-electron chi connectivity index (χ0n) is 9.62. The van der Waals surface area contributed by atoms with E-state index in [1.54, 1.807) is 6.26 Å². The lowest BCUT2D eigenvalue weighted by atomic mass is 10.1. The van der Waals surface area contributed by atoms with Gasteiger partial charge in [0.25, 0.3) is 0 Å². The molecule has 0 heterocycles. The maximum Gasteiger partial charge on any atom is 0.233 e. The summed E-state index contributed by atoms with van der Waals surface area (Å²) in [6, 6.07) is 0.0169. The molecule has 2 atom stereocenters. The van der Waals surface area contributed by atoms with Crippen molar-refractivity contribution in [3.05, 3.63) is 0 Å². The summed E-state index contributed by atoms with van der Waals surface area (Å²) < 4.78 is 10.9. The molecular formula is C10H18N2O2S2. The monoisotopic (exact) mass is 262 g/mol. The summed E-state index contributed by atoms with van der Waals surface area (Å²) in [6.07, 6.45) is 3.87. The molecule has 1 fully saturated rings. The third-order valence-electron chi connectivity index (χ3n) is 2.87. The number of amides is 1. The maximum absolute atomic E-state index is 11.9. The van der Waals surface area contributed by atoms with Crippen molar-refractivity contribution in [3.63, 3.8) is 0 Å². The first-order valence-corrected chi connectivity index (χ1v) is 7.43. The fraction of sp³-hybridized carbons (Fsp3) is 0.800. The zero-order valence-corrected chi connectivity index (χ0v) is 11.2. The van der Waals surface area contributed by atoms with Gasteiger partial charge in [0.1, 0.15) is 0 Å². The summed E-state index contributed by atoms with van der Waals surface area (Å²) >= 11 is 4.90. The van der Waals surface area contributed by atoms with Gasteiger partial charge in [-0.05, 0) is 26.2 Å². The van der Waals surface area contributed by atoms with Crippen molar-refractivity contribution in [2.75, 3.05) is 12.0 Å². The molecular weight excluding hydrogens is 244 g/mol. The van der Waals surface area contributed by atoms with Crippen LogP contribution < -0.4 is 11.1 Å². The third kappa shape index (κ3) is 3.25. The normalized spacial score (nSPS) is 20.9. The second-order valence-electron chi connectivity index (χ2n) is 4.39. The summed E-state index contributed by atoms with van der Waals surface area (Å²) in [5, 5.41) is 2.88. The molecule has 16 heavy (non-hydrogen) atoms. The molecule has 2 unspecified atom stereocenters. The number of carbonyl (C=O) groups excluding carboxylic acids is 1. The van der Waals surface area contributed by atoms with E-state index in [2.05, 4.69) is 5.32 Å². The minimum atomic E-state index is -0.817. The van der Waals surface area contributed by atoms with Gasteiger partial charge in [0, 0.05) is 28.9 Å². The van der Waals surface area contributed by atoms with E-state index in [0.29, 0.717) is 12.2 Å². The van der Waals surface area contributed by atoms with Gasteiger partial charge < -0.3 is 11.1 Å². The Labute approximate surface area is 104 Å². The molecule has 0 saturated heterocycles. The van der Waals surface area contributed by atoms with Crippen LogP contribution in [0.2, 0.25) is 0 Å². The Morgan fingerprint density at radius 3 is 2.56 bits per heavy atom. The van der Waals surface area contributed by atoms with Crippen molar-refractivity contribution in [1.82, 2.24) is 5.32 Å². The Bertz CT molecular complexity index is 327. The molecule has 1 aliphatic rings. The van der Waals surface area contributed by atoms with E-state index in [1.807, 2.05) is 6.92 Å². The molecule has 1 saturated carbocycles. The predicted octanol–water partition coefficient (Wildman–Crippen LogP) is 0.326. The first-order chi connectivity index (χ1) is 7.38. The van der Waals surface area contributed by atoms with Crippen molar-refractivity contribution in [2.24, 2.45) is 11.1 Å².